The molecule has 1 N–H and O–H groups in total. The van der Waals surface area contributed by atoms with Crippen LogP contribution in [0.3, 0.4) is 0 Å². The largest absolute Gasteiger partial charge is 0.465 e. The van der Waals surface area contributed by atoms with Crippen molar-refractivity contribution in [2.45, 2.75) is 52.4 Å². The molecule has 4 nitrogen and oxygen atoms in total. The number of nitrogens with one attached hydrogen (secondary N) is 1. The summed E-state index contributed by atoms with van der Waals surface area (Å²) in [5.74, 6) is 0.431. The van der Waals surface area contributed by atoms with Crippen LogP contribution < -0.4 is 5.32 Å². The van der Waals surface area contributed by atoms with Crippen LogP contribution in [-0.2, 0) is 9.53 Å². The van der Waals surface area contributed by atoms with Crippen molar-refractivity contribution in [3.63, 3.8) is 0 Å². The number of benzene rings is 1. The van der Waals surface area contributed by atoms with E-state index in [9.17, 15) is 9.59 Å². The van der Waals surface area contributed by atoms with Gasteiger partial charge in [0, 0.05) is 5.69 Å². The van der Waals surface area contributed by atoms with E-state index in [1.807, 2.05) is 6.07 Å². The third kappa shape index (κ3) is 2.76. The number of rotatable bonds is 3. The zero-order valence-electron chi connectivity index (χ0n) is 15.4. The molecule has 0 aliphatic heterocycles. The number of amides is 1. The van der Waals surface area contributed by atoms with Crippen molar-refractivity contribution < 1.29 is 14.3 Å². The van der Waals surface area contributed by atoms with Gasteiger partial charge in [0.15, 0.2) is 0 Å². The lowest BCUT2D eigenvalue weighted by atomic mass is 9.40. The van der Waals surface area contributed by atoms with E-state index in [4.69, 9.17) is 4.74 Å². The fourth-order valence-corrected chi connectivity index (χ4v) is 6.81. The van der Waals surface area contributed by atoms with Gasteiger partial charge in [0.2, 0.25) is 5.91 Å². The van der Waals surface area contributed by atoms with E-state index < -0.39 is 0 Å². The molecule has 1 amide bonds. The first-order chi connectivity index (χ1) is 11.7. The Morgan fingerprint density at radius 2 is 1.76 bits per heavy atom. The molecule has 4 saturated carbocycles. The van der Waals surface area contributed by atoms with Crippen LogP contribution in [0.15, 0.2) is 24.3 Å². The summed E-state index contributed by atoms with van der Waals surface area (Å²) < 4.78 is 4.77. The third-order valence-corrected chi connectivity index (χ3v) is 6.65. The Bertz CT molecular complexity index is 722. The average molecular weight is 341 g/mol. The van der Waals surface area contributed by atoms with E-state index in [0.717, 1.165) is 19.3 Å². The molecule has 1 aromatic carbocycles. The van der Waals surface area contributed by atoms with Crippen molar-refractivity contribution in [2.24, 2.45) is 22.2 Å². The minimum Gasteiger partial charge on any atom is -0.465 e. The lowest BCUT2D eigenvalue weighted by Crippen LogP contribution is -2.58. The fraction of sp³-hybridized carbons (Fsp3) is 0.619. The zero-order valence-corrected chi connectivity index (χ0v) is 15.4. The monoisotopic (exact) mass is 341 g/mol. The summed E-state index contributed by atoms with van der Waals surface area (Å²) in [5.41, 5.74) is 1.51. The summed E-state index contributed by atoms with van der Waals surface area (Å²) in [6.07, 6.45) is 6.80. The molecule has 0 saturated heterocycles. The number of methoxy groups -OCH3 is 1. The maximum atomic E-state index is 13.3. The molecule has 0 aromatic heterocycles. The maximum absolute atomic E-state index is 13.3. The maximum Gasteiger partial charge on any atom is 0.337 e. The van der Waals surface area contributed by atoms with Crippen LogP contribution in [0.25, 0.3) is 0 Å². The molecule has 4 heteroatoms. The summed E-state index contributed by atoms with van der Waals surface area (Å²) in [6.45, 7) is 4.74. The molecular formula is C21H27NO3. The van der Waals surface area contributed by atoms with E-state index in [0.29, 0.717) is 28.0 Å². The molecule has 0 radical (unpaired) electrons. The molecule has 2 unspecified atom stereocenters. The number of ether oxygens (including phenoxy) is 1. The van der Waals surface area contributed by atoms with Crippen LogP contribution in [0.5, 0.6) is 0 Å². The third-order valence-electron chi connectivity index (χ3n) is 6.65. The van der Waals surface area contributed by atoms with E-state index in [-0.39, 0.29) is 17.3 Å². The van der Waals surface area contributed by atoms with Crippen molar-refractivity contribution in [1.82, 2.24) is 0 Å². The molecule has 4 bridgehead atoms. The van der Waals surface area contributed by atoms with Gasteiger partial charge in [-0.05, 0) is 73.5 Å². The van der Waals surface area contributed by atoms with Gasteiger partial charge in [0.25, 0.3) is 0 Å². The van der Waals surface area contributed by atoms with Gasteiger partial charge in [-0.25, -0.2) is 4.79 Å². The van der Waals surface area contributed by atoms with Crippen molar-refractivity contribution in [1.29, 1.82) is 0 Å². The Morgan fingerprint density at radius 3 is 2.36 bits per heavy atom. The number of anilines is 1. The highest BCUT2D eigenvalue weighted by molar-refractivity contribution is 5.97. The SMILES string of the molecule is COC(=O)c1cccc(NC(=O)C23CC4C[C@@](C)(C2)C[C@](C)(C4)C3)c1. The van der Waals surface area contributed by atoms with Gasteiger partial charge in [-0.15, -0.1) is 0 Å². The van der Waals surface area contributed by atoms with Crippen molar-refractivity contribution >= 4 is 17.6 Å². The molecule has 4 fully saturated rings. The first kappa shape index (κ1) is 16.6. The Balaban J connectivity index is 1.58. The van der Waals surface area contributed by atoms with Crippen LogP contribution in [0.4, 0.5) is 5.69 Å². The van der Waals surface area contributed by atoms with Crippen LogP contribution in [0, 0.1) is 22.2 Å². The second-order valence-corrected chi connectivity index (χ2v) is 9.44. The zero-order chi connectivity index (χ0) is 17.9. The van der Waals surface area contributed by atoms with E-state index in [1.54, 1.807) is 18.2 Å². The summed E-state index contributed by atoms with van der Waals surface area (Å²) in [7, 11) is 1.37. The van der Waals surface area contributed by atoms with Crippen LogP contribution in [0.2, 0.25) is 0 Å². The van der Waals surface area contributed by atoms with Gasteiger partial charge in [0.05, 0.1) is 18.1 Å². The molecule has 4 aliphatic carbocycles. The minimum absolute atomic E-state index is 0.135. The molecule has 25 heavy (non-hydrogen) atoms. The fourth-order valence-electron chi connectivity index (χ4n) is 6.81. The Kier molecular flexibility index (Phi) is 3.54. The highest BCUT2D eigenvalue weighted by atomic mass is 16.5. The van der Waals surface area contributed by atoms with Crippen LogP contribution >= 0.6 is 0 Å². The molecule has 0 heterocycles. The van der Waals surface area contributed by atoms with Gasteiger partial charge >= 0.3 is 5.97 Å². The standard InChI is InChI=1S/C21H27NO3/c1-19-8-14-9-20(2,11-19)13-21(10-14,12-19)18(24)22-16-6-4-5-15(7-16)17(23)25-3/h4-7,14H,8-13H2,1-3H3,(H,22,24)/t14?,19-,20+,21?. The lowest BCUT2D eigenvalue weighted by molar-refractivity contribution is -0.165. The second kappa shape index (κ2) is 5.33. The van der Waals surface area contributed by atoms with Gasteiger partial charge in [-0.3, -0.25) is 4.79 Å². The number of hydrogen-bond donors (Lipinski definition) is 1. The molecular weight excluding hydrogens is 314 g/mol. The molecule has 0 spiro atoms. The summed E-state index contributed by atoms with van der Waals surface area (Å²) >= 11 is 0. The normalized spacial score (nSPS) is 38.4. The number of hydrogen-bond acceptors (Lipinski definition) is 3. The van der Waals surface area contributed by atoms with Crippen molar-refractivity contribution in [2.75, 3.05) is 12.4 Å². The van der Waals surface area contributed by atoms with E-state index >= 15 is 0 Å². The first-order valence-electron chi connectivity index (χ1n) is 9.25. The predicted molar refractivity (Wildman–Crippen MR) is 96.3 cm³/mol. The Morgan fingerprint density at radius 1 is 1.08 bits per heavy atom. The molecule has 5 rings (SSSR count). The second-order valence-electron chi connectivity index (χ2n) is 9.44. The van der Waals surface area contributed by atoms with E-state index in [1.165, 1.54) is 26.4 Å². The van der Waals surface area contributed by atoms with Gasteiger partial charge in [-0.1, -0.05) is 19.9 Å². The van der Waals surface area contributed by atoms with Crippen molar-refractivity contribution in [3.8, 4) is 0 Å². The Hall–Kier alpha value is -1.84. The smallest absolute Gasteiger partial charge is 0.337 e. The quantitative estimate of drug-likeness (QED) is 0.829. The molecule has 1 aromatic rings. The average Bonchev–Trinajstić information content (AvgIpc) is 2.51. The highest BCUT2D eigenvalue weighted by Gasteiger charge is 2.62. The Labute approximate surface area is 149 Å². The molecule has 4 atom stereocenters. The summed E-state index contributed by atoms with van der Waals surface area (Å²) in [6, 6.07) is 7.03. The summed E-state index contributed by atoms with van der Waals surface area (Å²) in [5, 5.41) is 3.11. The topological polar surface area (TPSA) is 55.4 Å². The minimum atomic E-state index is -0.383. The van der Waals surface area contributed by atoms with Crippen molar-refractivity contribution in [3.05, 3.63) is 29.8 Å². The van der Waals surface area contributed by atoms with Crippen LogP contribution in [-0.4, -0.2) is 19.0 Å². The van der Waals surface area contributed by atoms with Gasteiger partial charge in [-0.2, -0.15) is 0 Å². The van der Waals surface area contributed by atoms with Crippen LogP contribution in [0.1, 0.15) is 62.7 Å². The number of esters is 1. The van der Waals surface area contributed by atoms with Gasteiger partial charge < -0.3 is 10.1 Å². The first-order valence-corrected chi connectivity index (χ1v) is 9.25. The number of carbonyl (C=O) groups is 2. The van der Waals surface area contributed by atoms with E-state index in [2.05, 4.69) is 19.2 Å². The number of carbonyl (C=O) groups excluding carboxylic acids is 2. The molecule has 134 valence electrons. The predicted octanol–water partition coefficient (Wildman–Crippen LogP) is 4.41. The van der Waals surface area contributed by atoms with Gasteiger partial charge in [0.1, 0.15) is 0 Å². The molecule has 4 aliphatic rings. The summed E-state index contributed by atoms with van der Waals surface area (Å²) in [4.78, 5) is 25.0. The lowest BCUT2D eigenvalue weighted by Gasteiger charge is -2.64. The highest BCUT2D eigenvalue weighted by Crippen LogP contribution is 2.69.